The summed E-state index contributed by atoms with van der Waals surface area (Å²) in [4.78, 5) is 17.6. The summed E-state index contributed by atoms with van der Waals surface area (Å²) in [6.45, 7) is 2.93. The molecule has 0 spiro atoms. The summed E-state index contributed by atoms with van der Waals surface area (Å²) in [6, 6.07) is 0.211. The van der Waals surface area contributed by atoms with Gasteiger partial charge in [-0.25, -0.2) is 0 Å². The maximum absolute atomic E-state index is 11.7. The smallest absolute Gasteiger partial charge is 0.313 e. The number of hydrogen-bond donors (Lipinski definition) is 0. The van der Waals surface area contributed by atoms with Gasteiger partial charge in [0.25, 0.3) is 0 Å². The molecule has 15 heavy (non-hydrogen) atoms. The number of carbonyl (C=O) groups is 1. The van der Waals surface area contributed by atoms with Crippen molar-refractivity contribution in [1.82, 2.24) is 5.06 Å². The van der Waals surface area contributed by atoms with Gasteiger partial charge in [0.2, 0.25) is 0 Å². The summed E-state index contributed by atoms with van der Waals surface area (Å²) >= 11 is 3.49. The molecule has 0 radical (unpaired) electrons. The molecule has 0 saturated carbocycles. The Morgan fingerprint density at radius 2 is 2.40 bits per heavy atom. The van der Waals surface area contributed by atoms with Crippen molar-refractivity contribution in [2.75, 3.05) is 13.7 Å². The van der Waals surface area contributed by atoms with Crippen LogP contribution in [0.5, 0.6) is 0 Å². The summed E-state index contributed by atoms with van der Waals surface area (Å²) in [7, 11) is 1.44. The van der Waals surface area contributed by atoms with Gasteiger partial charge in [-0.1, -0.05) is 22.9 Å². The third-order valence-corrected chi connectivity index (χ3v) is 3.72. The molecule has 0 aromatic heterocycles. The van der Waals surface area contributed by atoms with Gasteiger partial charge in [0, 0.05) is 11.4 Å². The van der Waals surface area contributed by atoms with E-state index in [-0.39, 0.29) is 28.9 Å². The Balaban J connectivity index is 2.17. The average molecular weight is 278 g/mol. The van der Waals surface area contributed by atoms with E-state index in [0.29, 0.717) is 0 Å². The van der Waals surface area contributed by atoms with Crippen LogP contribution in [0.3, 0.4) is 0 Å². The number of carbonyl (C=O) groups excluding carboxylic acids is 1. The SMILES string of the molecule is COC(=O)[C@@H]1[C@@H]([C@@H](C)Br)ON2CCC[C@H]12. The van der Waals surface area contributed by atoms with Gasteiger partial charge in [-0.05, 0) is 12.8 Å². The average Bonchev–Trinajstić information content (AvgIpc) is 2.74. The molecule has 0 aliphatic carbocycles. The van der Waals surface area contributed by atoms with Crippen molar-refractivity contribution in [2.24, 2.45) is 5.92 Å². The predicted molar refractivity (Wildman–Crippen MR) is 58.5 cm³/mol. The normalized spacial score (nSPS) is 37.7. The molecule has 0 unspecified atom stereocenters. The Morgan fingerprint density at radius 1 is 1.67 bits per heavy atom. The van der Waals surface area contributed by atoms with Crippen molar-refractivity contribution in [2.45, 2.75) is 36.7 Å². The van der Waals surface area contributed by atoms with E-state index in [9.17, 15) is 4.79 Å². The van der Waals surface area contributed by atoms with Crippen molar-refractivity contribution in [3.05, 3.63) is 0 Å². The number of fused-ring (bicyclic) bond motifs is 1. The van der Waals surface area contributed by atoms with E-state index >= 15 is 0 Å². The molecular formula is C10H16BrNO3. The third kappa shape index (κ3) is 1.92. The summed E-state index contributed by atoms with van der Waals surface area (Å²) in [5, 5.41) is 1.95. The van der Waals surface area contributed by atoms with Gasteiger partial charge in [0.1, 0.15) is 12.0 Å². The fourth-order valence-electron chi connectivity index (χ4n) is 2.49. The zero-order valence-electron chi connectivity index (χ0n) is 8.98. The number of hydrogen-bond acceptors (Lipinski definition) is 4. The number of alkyl halides is 1. The van der Waals surface area contributed by atoms with E-state index in [1.54, 1.807) is 0 Å². The first-order valence-corrected chi connectivity index (χ1v) is 6.22. The second kappa shape index (κ2) is 4.39. The van der Waals surface area contributed by atoms with E-state index in [4.69, 9.17) is 9.57 Å². The van der Waals surface area contributed by atoms with Crippen molar-refractivity contribution in [1.29, 1.82) is 0 Å². The lowest BCUT2D eigenvalue weighted by molar-refractivity contribution is -0.153. The summed E-state index contributed by atoms with van der Waals surface area (Å²) in [5.41, 5.74) is 0. The van der Waals surface area contributed by atoms with E-state index in [1.807, 2.05) is 12.0 Å². The van der Waals surface area contributed by atoms with Gasteiger partial charge in [0.15, 0.2) is 0 Å². The minimum absolute atomic E-state index is 0.0947. The fourth-order valence-corrected chi connectivity index (χ4v) is 2.92. The second-order valence-corrected chi connectivity index (χ2v) is 5.59. The molecule has 0 amide bonds. The molecule has 4 atom stereocenters. The zero-order chi connectivity index (χ0) is 11.0. The van der Waals surface area contributed by atoms with Crippen LogP contribution in [0.25, 0.3) is 0 Å². The minimum Gasteiger partial charge on any atom is -0.469 e. The Labute approximate surface area is 98.0 Å². The number of nitrogens with zero attached hydrogens (tertiary/aromatic N) is 1. The quantitative estimate of drug-likeness (QED) is 0.564. The second-order valence-electron chi connectivity index (χ2n) is 4.15. The highest BCUT2D eigenvalue weighted by atomic mass is 79.9. The molecule has 2 saturated heterocycles. The molecule has 0 bridgehead atoms. The summed E-state index contributed by atoms with van der Waals surface area (Å²) < 4.78 is 4.86. The van der Waals surface area contributed by atoms with Crippen LogP contribution < -0.4 is 0 Å². The molecule has 2 rings (SSSR count). The maximum atomic E-state index is 11.7. The van der Waals surface area contributed by atoms with E-state index in [1.165, 1.54) is 7.11 Å². The molecule has 0 aromatic rings. The molecule has 86 valence electrons. The van der Waals surface area contributed by atoms with Crippen molar-refractivity contribution >= 4 is 21.9 Å². The van der Waals surface area contributed by atoms with Crippen LogP contribution in [0.2, 0.25) is 0 Å². The highest BCUT2D eigenvalue weighted by Gasteiger charge is 2.51. The van der Waals surface area contributed by atoms with Crippen LogP contribution in [-0.2, 0) is 14.4 Å². The molecule has 5 heteroatoms. The monoisotopic (exact) mass is 277 g/mol. The molecule has 4 nitrogen and oxygen atoms in total. The third-order valence-electron chi connectivity index (χ3n) is 3.20. The minimum atomic E-state index is -0.152. The lowest BCUT2D eigenvalue weighted by Crippen LogP contribution is -2.36. The fraction of sp³-hybridized carbons (Fsp3) is 0.900. The Bertz CT molecular complexity index is 259. The number of methoxy groups -OCH3 is 1. The van der Waals surface area contributed by atoms with Crippen LogP contribution in [0.4, 0.5) is 0 Å². The molecule has 2 fully saturated rings. The number of halogens is 1. The lowest BCUT2D eigenvalue weighted by Gasteiger charge is -2.19. The predicted octanol–water partition coefficient (Wildman–Crippen LogP) is 1.34. The van der Waals surface area contributed by atoms with Crippen LogP contribution >= 0.6 is 15.9 Å². The van der Waals surface area contributed by atoms with Gasteiger partial charge in [-0.15, -0.1) is 0 Å². The molecular weight excluding hydrogens is 262 g/mol. The highest BCUT2D eigenvalue weighted by molar-refractivity contribution is 9.09. The van der Waals surface area contributed by atoms with Crippen LogP contribution in [-0.4, -0.2) is 41.7 Å². The highest BCUT2D eigenvalue weighted by Crippen LogP contribution is 2.38. The van der Waals surface area contributed by atoms with E-state index in [0.717, 1.165) is 19.4 Å². The Morgan fingerprint density at radius 3 is 3.00 bits per heavy atom. The Kier molecular flexibility index (Phi) is 3.33. The number of esters is 1. The Hall–Kier alpha value is -0.130. The number of hydroxylamine groups is 2. The molecule has 0 N–H and O–H groups in total. The van der Waals surface area contributed by atoms with Crippen LogP contribution in [0.1, 0.15) is 19.8 Å². The standard InChI is InChI=1S/C10H16BrNO3/c1-6(11)9-8(10(13)14-2)7-4-3-5-12(7)15-9/h6-9H,3-5H2,1-2H3/t6-,7-,8+,9-/m1/s1. The lowest BCUT2D eigenvalue weighted by atomic mass is 9.92. The molecule has 2 aliphatic rings. The van der Waals surface area contributed by atoms with Crippen LogP contribution in [0, 0.1) is 5.92 Å². The summed E-state index contributed by atoms with van der Waals surface area (Å²) in [6.07, 6.45) is 2.03. The van der Waals surface area contributed by atoms with E-state index in [2.05, 4.69) is 15.9 Å². The van der Waals surface area contributed by atoms with Gasteiger partial charge >= 0.3 is 5.97 Å². The first-order chi connectivity index (χ1) is 7.15. The van der Waals surface area contributed by atoms with Crippen molar-refractivity contribution < 1.29 is 14.4 Å². The number of ether oxygens (including phenoxy) is 1. The molecule has 2 heterocycles. The molecule has 2 aliphatic heterocycles. The van der Waals surface area contributed by atoms with Gasteiger partial charge in [-0.2, -0.15) is 5.06 Å². The van der Waals surface area contributed by atoms with Gasteiger partial charge in [0.05, 0.1) is 13.2 Å². The first-order valence-electron chi connectivity index (χ1n) is 5.30. The topological polar surface area (TPSA) is 38.8 Å². The maximum Gasteiger partial charge on any atom is 0.313 e. The van der Waals surface area contributed by atoms with Crippen molar-refractivity contribution in [3.8, 4) is 0 Å². The van der Waals surface area contributed by atoms with Crippen LogP contribution in [0.15, 0.2) is 0 Å². The van der Waals surface area contributed by atoms with E-state index < -0.39 is 0 Å². The summed E-state index contributed by atoms with van der Waals surface area (Å²) in [5.74, 6) is -0.299. The van der Waals surface area contributed by atoms with Crippen molar-refractivity contribution in [3.63, 3.8) is 0 Å². The number of rotatable bonds is 2. The van der Waals surface area contributed by atoms with Gasteiger partial charge < -0.3 is 4.74 Å². The zero-order valence-corrected chi connectivity index (χ0v) is 10.6. The molecule has 0 aromatic carbocycles. The largest absolute Gasteiger partial charge is 0.469 e. The van der Waals surface area contributed by atoms with Gasteiger partial charge in [-0.3, -0.25) is 9.63 Å². The first kappa shape index (κ1) is 11.4.